The number of aromatic amines is 1. The van der Waals surface area contributed by atoms with Crippen molar-refractivity contribution in [2.24, 2.45) is 0 Å². The van der Waals surface area contributed by atoms with E-state index in [2.05, 4.69) is 20.3 Å². The Morgan fingerprint density at radius 2 is 2.00 bits per heavy atom. The van der Waals surface area contributed by atoms with Gasteiger partial charge < -0.3 is 19.6 Å². The maximum absolute atomic E-state index is 11.3. The minimum atomic E-state index is -3.52. The number of benzene rings is 2. The third-order valence-corrected chi connectivity index (χ3v) is 6.04. The summed E-state index contributed by atoms with van der Waals surface area (Å²) in [6.45, 7) is 0.319. The third-order valence-electron chi connectivity index (χ3n) is 5.15. The molecule has 0 fully saturated rings. The van der Waals surface area contributed by atoms with Crippen LogP contribution in [0.3, 0.4) is 0 Å². The lowest BCUT2D eigenvalue weighted by atomic mass is 10.2. The Bertz CT molecular complexity index is 1600. The van der Waals surface area contributed by atoms with Gasteiger partial charge in [0.15, 0.2) is 5.82 Å². The monoisotopic (exact) mass is 497 g/mol. The number of H-pyrrole nitrogens is 1. The minimum absolute atomic E-state index is 0.00269. The fourth-order valence-corrected chi connectivity index (χ4v) is 4.26. The summed E-state index contributed by atoms with van der Waals surface area (Å²) in [6, 6.07) is 14.9. The van der Waals surface area contributed by atoms with Gasteiger partial charge in [0.2, 0.25) is 0 Å². The van der Waals surface area contributed by atoms with Gasteiger partial charge in [0.25, 0.3) is 10.1 Å². The van der Waals surface area contributed by atoms with E-state index in [0.717, 1.165) is 22.7 Å². The number of ether oxygens (including phenoxy) is 1. The Labute approximate surface area is 200 Å². The van der Waals surface area contributed by atoms with Gasteiger partial charge in [-0.1, -0.05) is 17.7 Å². The quantitative estimate of drug-likeness (QED) is 0.287. The van der Waals surface area contributed by atoms with Crippen LogP contribution in [0.1, 0.15) is 0 Å². The number of hydrogen-bond donors (Lipinski definition) is 2. The summed E-state index contributed by atoms with van der Waals surface area (Å²) in [5, 5.41) is 4.65. The van der Waals surface area contributed by atoms with Gasteiger partial charge in [-0.2, -0.15) is 8.42 Å². The second kappa shape index (κ2) is 8.98. The van der Waals surface area contributed by atoms with E-state index in [1.54, 1.807) is 12.1 Å². The molecular formula is C23H20ClN5O4S. The summed E-state index contributed by atoms with van der Waals surface area (Å²) in [5.41, 5.74) is 3.11. The van der Waals surface area contributed by atoms with E-state index in [4.69, 9.17) is 20.5 Å². The number of nitrogens with one attached hydrogen (secondary N) is 2. The number of halogens is 1. The van der Waals surface area contributed by atoms with Gasteiger partial charge in [-0.3, -0.25) is 4.18 Å². The van der Waals surface area contributed by atoms with Gasteiger partial charge >= 0.3 is 0 Å². The normalized spacial score (nSPS) is 11.8. The van der Waals surface area contributed by atoms with Crippen molar-refractivity contribution in [3.05, 3.63) is 72.3 Å². The summed E-state index contributed by atoms with van der Waals surface area (Å²) < 4.78 is 35.3. The second-order valence-electron chi connectivity index (χ2n) is 7.56. The minimum Gasteiger partial charge on any atom is -0.455 e. The van der Waals surface area contributed by atoms with Crippen molar-refractivity contribution in [3.8, 4) is 11.5 Å². The molecule has 0 aliphatic heterocycles. The summed E-state index contributed by atoms with van der Waals surface area (Å²) in [4.78, 5) is 11.8. The van der Waals surface area contributed by atoms with Crippen LogP contribution in [0.4, 0.5) is 11.5 Å². The van der Waals surface area contributed by atoms with Gasteiger partial charge in [-0.15, -0.1) is 0 Å². The first-order valence-corrected chi connectivity index (χ1v) is 12.5. The molecule has 0 spiro atoms. The zero-order chi connectivity index (χ0) is 23.7. The Morgan fingerprint density at radius 3 is 2.82 bits per heavy atom. The molecule has 2 aromatic carbocycles. The molecule has 11 heteroatoms. The largest absolute Gasteiger partial charge is 0.455 e. The van der Waals surface area contributed by atoms with E-state index >= 15 is 0 Å². The lowest BCUT2D eigenvalue weighted by Gasteiger charge is -2.13. The van der Waals surface area contributed by atoms with Crippen LogP contribution in [-0.4, -0.2) is 40.8 Å². The highest BCUT2D eigenvalue weighted by Gasteiger charge is 2.13. The first-order chi connectivity index (χ1) is 16.4. The van der Waals surface area contributed by atoms with Crippen LogP contribution in [0.2, 0.25) is 5.02 Å². The van der Waals surface area contributed by atoms with Gasteiger partial charge in [-0.25, -0.2) is 9.97 Å². The van der Waals surface area contributed by atoms with Crippen LogP contribution in [0, 0.1) is 0 Å². The average molecular weight is 498 g/mol. The van der Waals surface area contributed by atoms with Gasteiger partial charge in [0.05, 0.1) is 23.4 Å². The van der Waals surface area contributed by atoms with Crippen LogP contribution in [0.15, 0.2) is 67.3 Å². The highest BCUT2D eigenvalue weighted by Crippen LogP contribution is 2.36. The van der Waals surface area contributed by atoms with E-state index in [1.807, 2.05) is 53.4 Å². The second-order valence-corrected chi connectivity index (χ2v) is 9.61. The molecule has 3 aromatic heterocycles. The maximum atomic E-state index is 11.3. The van der Waals surface area contributed by atoms with Gasteiger partial charge in [0.1, 0.15) is 23.3 Å². The molecule has 0 aliphatic carbocycles. The topological polar surface area (TPSA) is 111 Å². The molecule has 0 unspecified atom stereocenters. The lowest BCUT2D eigenvalue weighted by molar-refractivity contribution is 0.306. The highest BCUT2D eigenvalue weighted by atomic mass is 35.5. The molecule has 0 amide bonds. The zero-order valence-corrected chi connectivity index (χ0v) is 19.6. The number of anilines is 2. The summed E-state index contributed by atoms with van der Waals surface area (Å²) in [5.74, 6) is 1.78. The van der Waals surface area contributed by atoms with Crippen molar-refractivity contribution in [1.82, 2.24) is 19.5 Å². The molecule has 0 bridgehead atoms. The van der Waals surface area contributed by atoms with Crippen molar-refractivity contribution in [3.63, 3.8) is 0 Å². The zero-order valence-electron chi connectivity index (χ0n) is 18.0. The number of aromatic nitrogens is 4. The van der Waals surface area contributed by atoms with E-state index < -0.39 is 10.1 Å². The summed E-state index contributed by atoms with van der Waals surface area (Å²) in [7, 11) is -3.52. The molecule has 0 aliphatic rings. The number of nitrogens with zero attached hydrogens (tertiary/aromatic N) is 3. The van der Waals surface area contributed by atoms with Crippen molar-refractivity contribution < 1.29 is 17.3 Å². The molecule has 3 heterocycles. The molecule has 0 radical (unpaired) electrons. The molecule has 174 valence electrons. The molecule has 5 aromatic rings. The summed E-state index contributed by atoms with van der Waals surface area (Å²) in [6.07, 6.45) is 6.14. The predicted octanol–water partition coefficient (Wildman–Crippen LogP) is 5.08. The number of fused-ring (bicyclic) bond motifs is 2. The van der Waals surface area contributed by atoms with E-state index in [1.165, 1.54) is 6.33 Å². The van der Waals surface area contributed by atoms with Crippen molar-refractivity contribution in [2.75, 3.05) is 18.2 Å². The van der Waals surface area contributed by atoms with E-state index in [0.29, 0.717) is 40.1 Å². The smallest absolute Gasteiger partial charge is 0.264 e. The average Bonchev–Trinajstić information content (AvgIpc) is 3.43. The first kappa shape index (κ1) is 22.2. The molecule has 9 nitrogen and oxygen atoms in total. The Kier molecular flexibility index (Phi) is 5.86. The lowest BCUT2D eigenvalue weighted by Crippen LogP contribution is -2.10. The molecule has 5 rings (SSSR count). The Balaban J connectivity index is 1.38. The van der Waals surface area contributed by atoms with Crippen LogP contribution in [0.25, 0.3) is 21.9 Å². The Morgan fingerprint density at radius 1 is 1.12 bits per heavy atom. The third kappa shape index (κ3) is 4.69. The number of rotatable bonds is 8. The fourth-order valence-electron chi connectivity index (χ4n) is 3.66. The molecule has 34 heavy (non-hydrogen) atoms. The van der Waals surface area contributed by atoms with Crippen molar-refractivity contribution >= 4 is 55.2 Å². The fraction of sp³-hybridized carbons (Fsp3) is 0.130. The summed E-state index contributed by atoms with van der Waals surface area (Å²) >= 11 is 6.53. The van der Waals surface area contributed by atoms with Crippen LogP contribution in [0.5, 0.6) is 11.5 Å². The Hall–Kier alpha value is -3.60. The maximum Gasteiger partial charge on any atom is 0.264 e. The van der Waals surface area contributed by atoms with E-state index in [-0.39, 0.29) is 6.61 Å². The molecule has 2 N–H and O–H groups in total. The van der Waals surface area contributed by atoms with Gasteiger partial charge in [0, 0.05) is 35.5 Å². The highest BCUT2D eigenvalue weighted by molar-refractivity contribution is 7.85. The molecule has 0 saturated carbocycles. The molecular weight excluding hydrogens is 478 g/mol. The molecule has 0 atom stereocenters. The van der Waals surface area contributed by atoms with Crippen molar-refractivity contribution in [2.45, 2.75) is 6.54 Å². The van der Waals surface area contributed by atoms with Crippen LogP contribution in [-0.2, 0) is 20.8 Å². The molecule has 0 saturated heterocycles. The number of hydrogen-bond acceptors (Lipinski definition) is 7. The predicted molar refractivity (Wildman–Crippen MR) is 131 cm³/mol. The van der Waals surface area contributed by atoms with Crippen LogP contribution < -0.4 is 10.1 Å². The van der Waals surface area contributed by atoms with Gasteiger partial charge in [-0.05, 0) is 42.5 Å². The van der Waals surface area contributed by atoms with E-state index in [9.17, 15) is 8.42 Å². The van der Waals surface area contributed by atoms with Crippen LogP contribution >= 0.6 is 11.6 Å². The standard InChI is InChI=1S/C23H20ClN5O4S/c1-34(30,31)32-12-11-29-10-8-19-22(29)23(27-14-26-19)28-15-5-6-21(17(24)13-15)33-20-4-2-3-18-16(20)7-9-25-18/h2-10,13-14,25H,11-12H2,1H3,(H,26,27,28). The first-order valence-electron chi connectivity index (χ1n) is 10.3. The van der Waals surface area contributed by atoms with Crippen molar-refractivity contribution in [1.29, 1.82) is 0 Å². The SMILES string of the molecule is CS(=O)(=O)OCCn1ccc2ncnc(Nc3ccc(Oc4cccc5[nH]ccc45)c(Cl)c3)c21.